The fourth-order valence-electron chi connectivity index (χ4n) is 1.67. The van der Waals surface area contributed by atoms with Crippen LogP contribution in [0.5, 0.6) is 0 Å². The minimum atomic E-state index is -0.384. The first-order valence-electron chi connectivity index (χ1n) is 6.14. The lowest BCUT2D eigenvalue weighted by Gasteiger charge is -2.15. The molecule has 100 valence electrons. The predicted octanol–water partition coefficient (Wildman–Crippen LogP) is 2.36. The molecule has 0 saturated heterocycles. The smallest absolute Gasteiger partial charge is 0.230 e. The highest BCUT2D eigenvalue weighted by Gasteiger charge is 2.09. The van der Waals surface area contributed by atoms with Crippen LogP contribution in [0.3, 0.4) is 0 Å². The number of carbonyl (C=O) groups excluding carboxylic acids is 1. The molecule has 0 spiro atoms. The first-order valence-corrected chi connectivity index (χ1v) is 7.13. The molecular formula is C14H21NO2S. The van der Waals surface area contributed by atoms with Crippen LogP contribution in [0.15, 0.2) is 29.2 Å². The summed E-state index contributed by atoms with van der Waals surface area (Å²) in [5, 5.41) is 12.1. The van der Waals surface area contributed by atoms with E-state index in [2.05, 4.69) is 5.32 Å². The fourth-order valence-corrected chi connectivity index (χ4v) is 2.38. The number of benzene rings is 1. The third-order valence-electron chi connectivity index (χ3n) is 2.49. The van der Waals surface area contributed by atoms with E-state index in [0.717, 1.165) is 4.90 Å². The predicted molar refractivity (Wildman–Crippen MR) is 75.8 cm³/mol. The van der Waals surface area contributed by atoms with Gasteiger partial charge in [-0.25, -0.2) is 0 Å². The maximum atomic E-state index is 11.7. The molecule has 3 nitrogen and oxygen atoms in total. The first-order chi connectivity index (χ1) is 8.47. The number of amides is 1. The van der Waals surface area contributed by atoms with Crippen molar-refractivity contribution >= 4 is 17.7 Å². The van der Waals surface area contributed by atoms with Gasteiger partial charge in [0.05, 0.1) is 11.9 Å². The first kappa shape index (κ1) is 15.1. The number of nitrogens with one attached hydrogen (secondary N) is 1. The number of hydrogen-bond acceptors (Lipinski definition) is 3. The highest BCUT2D eigenvalue weighted by atomic mass is 32.2. The summed E-state index contributed by atoms with van der Waals surface area (Å²) in [5.74, 6) is 0.418. The van der Waals surface area contributed by atoms with Crippen LogP contribution < -0.4 is 5.32 Å². The Bertz CT molecular complexity index is 376. The molecule has 1 aromatic carbocycles. The van der Waals surface area contributed by atoms with Crippen LogP contribution in [-0.4, -0.2) is 28.9 Å². The SMILES string of the molecule is Cc1ccc(SCC(=O)NC(C)CC(C)O)cc1. The molecule has 0 heterocycles. The second kappa shape index (κ2) is 7.44. The van der Waals surface area contributed by atoms with Gasteiger partial charge >= 0.3 is 0 Å². The minimum Gasteiger partial charge on any atom is -0.393 e. The van der Waals surface area contributed by atoms with Crippen molar-refractivity contribution in [2.24, 2.45) is 0 Å². The zero-order valence-electron chi connectivity index (χ0n) is 11.1. The lowest BCUT2D eigenvalue weighted by Crippen LogP contribution is -2.35. The van der Waals surface area contributed by atoms with Crippen molar-refractivity contribution in [3.05, 3.63) is 29.8 Å². The highest BCUT2D eigenvalue weighted by molar-refractivity contribution is 8.00. The van der Waals surface area contributed by atoms with Crippen molar-refractivity contribution in [3.63, 3.8) is 0 Å². The molecule has 0 saturated carbocycles. The molecular weight excluding hydrogens is 246 g/mol. The molecule has 2 unspecified atom stereocenters. The zero-order valence-corrected chi connectivity index (χ0v) is 12.0. The summed E-state index contributed by atoms with van der Waals surface area (Å²) in [6, 6.07) is 8.13. The second-order valence-electron chi connectivity index (χ2n) is 4.66. The Labute approximate surface area is 113 Å². The Kier molecular flexibility index (Phi) is 6.22. The second-order valence-corrected chi connectivity index (χ2v) is 5.70. The molecule has 2 atom stereocenters. The highest BCUT2D eigenvalue weighted by Crippen LogP contribution is 2.17. The lowest BCUT2D eigenvalue weighted by atomic mass is 10.1. The summed E-state index contributed by atoms with van der Waals surface area (Å²) < 4.78 is 0. The standard InChI is InChI=1S/C14H21NO2S/c1-10-4-6-13(7-5-10)18-9-14(17)15-11(2)8-12(3)16/h4-7,11-12,16H,8-9H2,1-3H3,(H,15,17). The van der Waals surface area contributed by atoms with Crippen molar-refractivity contribution in [2.75, 3.05) is 5.75 Å². The minimum absolute atomic E-state index is 0.00808. The Morgan fingerprint density at radius 3 is 2.50 bits per heavy atom. The van der Waals surface area contributed by atoms with Crippen molar-refractivity contribution < 1.29 is 9.90 Å². The van der Waals surface area contributed by atoms with Crippen LogP contribution in [0.1, 0.15) is 25.8 Å². The summed E-state index contributed by atoms with van der Waals surface area (Å²) in [6.45, 7) is 5.67. The van der Waals surface area contributed by atoms with E-state index in [1.807, 2.05) is 38.1 Å². The number of thioether (sulfide) groups is 1. The Morgan fingerprint density at radius 1 is 1.33 bits per heavy atom. The topological polar surface area (TPSA) is 49.3 Å². The zero-order chi connectivity index (χ0) is 13.5. The average molecular weight is 267 g/mol. The molecule has 0 aliphatic carbocycles. The number of aliphatic hydroxyl groups excluding tert-OH is 1. The lowest BCUT2D eigenvalue weighted by molar-refractivity contribution is -0.119. The van der Waals surface area contributed by atoms with Gasteiger partial charge in [-0.05, 0) is 39.3 Å². The van der Waals surface area contributed by atoms with Gasteiger partial charge in [0.1, 0.15) is 0 Å². The van der Waals surface area contributed by atoms with E-state index in [0.29, 0.717) is 12.2 Å². The van der Waals surface area contributed by atoms with Gasteiger partial charge in [-0.2, -0.15) is 0 Å². The molecule has 2 N–H and O–H groups in total. The molecule has 1 rings (SSSR count). The third kappa shape index (κ3) is 6.07. The van der Waals surface area contributed by atoms with E-state index >= 15 is 0 Å². The van der Waals surface area contributed by atoms with Crippen molar-refractivity contribution in [1.82, 2.24) is 5.32 Å². The van der Waals surface area contributed by atoms with Crippen LogP contribution in [0, 0.1) is 6.92 Å². The van der Waals surface area contributed by atoms with E-state index in [-0.39, 0.29) is 18.1 Å². The van der Waals surface area contributed by atoms with Gasteiger partial charge in [0.15, 0.2) is 0 Å². The number of hydrogen-bond donors (Lipinski definition) is 2. The molecule has 4 heteroatoms. The monoisotopic (exact) mass is 267 g/mol. The van der Waals surface area contributed by atoms with E-state index in [4.69, 9.17) is 0 Å². The maximum absolute atomic E-state index is 11.7. The number of rotatable bonds is 6. The van der Waals surface area contributed by atoms with Gasteiger partial charge in [0.2, 0.25) is 5.91 Å². The molecule has 1 amide bonds. The average Bonchev–Trinajstić information content (AvgIpc) is 2.27. The van der Waals surface area contributed by atoms with Gasteiger partial charge in [-0.15, -0.1) is 11.8 Å². The number of aliphatic hydroxyl groups is 1. The quantitative estimate of drug-likeness (QED) is 0.778. The summed E-state index contributed by atoms with van der Waals surface area (Å²) in [5.41, 5.74) is 1.22. The van der Waals surface area contributed by atoms with Crippen molar-refractivity contribution in [2.45, 2.75) is 44.2 Å². The molecule has 0 aliphatic heterocycles. The molecule has 0 radical (unpaired) electrons. The van der Waals surface area contributed by atoms with Gasteiger partial charge in [-0.1, -0.05) is 17.7 Å². The van der Waals surface area contributed by atoms with Crippen LogP contribution in [0.2, 0.25) is 0 Å². The molecule has 0 aromatic heterocycles. The molecule has 0 aliphatic rings. The van der Waals surface area contributed by atoms with Crippen molar-refractivity contribution in [1.29, 1.82) is 0 Å². The Hall–Kier alpha value is -1.00. The number of carbonyl (C=O) groups is 1. The third-order valence-corrected chi connectivity index (χ3v) is 3.50. The number of aryl methyl sites for hydroxylation is 1. The van der Waals surface area contributed by atoms with Gasteiger partial charge < -0.3 is 10.4 Å². The Morgan fingerprint density at radius 2 is 1.94 bits per heavy atom. The van der Waals surface area contributed by atoms with E-state index < -0.39 is 0 Å². The molecule has 0 bridgehead atoms. The summed E-state index contributed by atoms with van der Waals surface area (Å²) in [4.78, 5) is 12.8. The normalized spacial score (nSPS) is 14.0. The van der Waals surface area contributed by atoms with Crippen LogP contribution >= 0.6 is 11.8 Å². The molecule has 0 fully saturated rings. The summed E-state index contributed by atoms with van der Waals surface area (Å²) in [6.07, 6.45) is 0.200. The largest absolute Gasteiger partial charge is 0.393 e. The molecule has 1 aromatic rings. The van der Waals surface area contributed by atoms with Gasteiger partial charge in [0, 0.05) is 10.9 Å². The Balaban J connectivity index is 2.30. The van der Waals surface area contributed by atoms with Crippen LogP contribution in [0.25, 0.3) is 0 Å². The van der Waals surface area contributed by atoms with Crippen LogP contribution in [0.4, 0.5) is 0 Å². The van der Waals surface area contributed by atoms with E-state index in [9.17, 15) is 9.90 Å². The van der Waals surface area contributed by atoms with E-state index in [1.54, 1.807) is 6.92 Å². The van der Waals surface area contributed by atoms with Gasteiger partial charge in [-0.3, -0.25) is 4.79 Å². The summed E-state index contributed by atoms with van der Waals surface area (Å²) >= 11 is 1.52. The van der Waals surface area contributed by atoms with Crippen molar-refractivity contribution in [3.8, 4) is 0 Å². The van der Waals surface area contributed by atoms with Gasteiger partial charge in [0.25, 0.3) is 0 Å². The fraction of sp³-hybridized carbons (Fsp3) is 0.500. The maximum Gasteiger partial charge on any atom is 0.230 e. The summed E-state index contributed by atoms with van der Waals surface area (Å²) in [7, 11) is 0. The van der Waals surface area contributed by atoms with Crippen LogP contribution in [-0.2, 0) is 4.79 Å². The van der Waals surface area contributed by atoms with E-state index in [1.165, 1.54) is 17.3 Å². The molecule has 18 heavy (non-hydrogen) atoms.